The Balaban J connectivity index is 2.02. The highest BCUT2D eigenvalue weighted by atomic mass is 127. The standard InChI is InChI=1S/C16H11IN2O/c17-14-3-1-2-4-15(14)19-16(20)10-9-12-5-7-13(11-18)8-6-12/h1-10H,(H,19,20)/b10-9+. The van der Waals surface area contributed by atoms with Gasteiger partial charge < -0.3 is 5.32 Å². The molecule has 0 aliphatic carbocycles. The van der Waals surface area contributed by atoms with Crippen LogP contribution in [-0.2, 0) is 4.79 Å². The molecular weight excluding hydrogens is 363 g/mol. The van der Waals surface area contributed by atoms with E-state index in [2.05, 4.69) is 34.0 Å². The fourth-order valence-electron chi connectivity index (χ4n) is 1.58. The summed E-state index contributed by atoms with van der Waals surface area (Å²) in [6.07, 6.45) is 3.19. The Kier molecular flexibility index (Phi) is 4.91. The van der Waals surface area contributed by atoms with Crippen LogP contribution in [0.2, 0.25) is 0 Å². The van der Waals surface area contributed by atoms with E-state index in [9.17, 15) is 4.79 Å². The van der Waals surface area contributed by atoms with Gasteiger partial charge in [0, 0.05) is 9.65 Å². The summed E-state index contributed by atoms with van der Waals surface area (Å²) in [6.45, 7) is 0. The van der Waals surface area contributed by atoms with Crippen molar-refractivity contribution in [3.05, 3.63) is 69.3 Å². The lowest BCUT2D eigenvalue weighted by molar-refractivity contribution is -0.111. The van der Waals surface area contributed by atoms with Crippen LogP contribution < -0.4 is 5.32 Å². The second-order valence-corrected chi connectivity index (χ2v) is 5.20. The number of nitriles is 1. The predicted molar refractivity (Wildman–Crippen MR) is 88.0 cm³/mol. The third kappa shape index (κ3) is 3.93. The van der Waals surface area contributed by atoms with Crippen molar-refractivity contribution < 1.29 is 4.79 Å². The maximum atomic E-state index is 11.8. The van der Waals surface area contributed by atoms with Gasteiger partial charge in [-0.05, 0) is 58.5 Å². The average Bonchev–Trinajstić information content (AvgIpc) is 2.48. The number of carbonyl (C=O) groups excluding carboxylic acids is 1. The number of nitrogens with one attached hydrogen (secondary N) is 1. The maximum absolute atomic E-state index is 11.8. The molecule has 0 atom stereocenters. The topological polar surface area (TPSA) is 52.9 Å². The van der Waals surface area contributed by atoms with Crippen molar-refractivity contribution in [2.45, 2.75) is 0 Å². The van der Waals surface area contributed by atoms with Crippen LogP contribution in [0.4, 0.5) is 5.69 Å². The number of nitrogens with zero attached hydrogens (tertiary/aromatic N) is 1. The molecule has 0 fully saturated rings. The molecule has 0 saturated heterocycles. The van der Waals surface area contributed by atoms with Gasteiger partial charge in [0.25, 0.3) is 0 Å². The third-order valence-electron chi connectivity index (χ3n) is 2.60. The minimum atomic E-state index is -0.182. The Morgan fingerprint density at radius 1 is 1.15 bits per heavy atom. The van der Waals surface area contributed by atoms with E-state index in [-0.39, 0.29) is 5.91 Å². The molecule has 2 aromatic rings. The van der Waals surface area contributed by atoms with Crippen molar-refractivity contribution >= 4 is 40.3 Å². The molecule has 0 saturated carbocycles. The number of benzene rings is 2. The fraction of sp³-hybridized carbons (Fsp3) is 0. The van der Waals surface area contributed by atoms with Gasteiger partial charge in [0.2, 0.25) is 5.91 Å². The second kappa shape index (κ2) is 6.87. The van der Waals surface area contributed by atoms with E-state index in [1.165, 1.54) is 6.08 Å². The van der Waals surface area contributed by atoms with Crippen LogP contribution in [0.5, 0.6) is 0 Å². The van der Waals surface area contributed by atoms with Crippen molar-refractivity contribution in [3.63, 3.8) is 0 Å². The summed E-state index contributed by atoms with van der Waals surface area (Å²) in [7, 11) is 0. The summed E-state index contributed by atoms with van der Waals surface area (Å²) in [5.74, 6) is -0.182. The molecule has 0 aromatic heterocycles. The van der Waals surface area contributed by atoms with Gasteiger partial charge >= 0.3 is 0 Å². The first kappa shape index (κ1) is 14.3. The molecule has 0 aliphatic heterocycles. The van der Waals surface area contributed by atoms with Crippen LogP contribution >= 0.6 is 22.6 Å². The van der Waals surface area contributed by atoms with Gasteiger partial charge in [0.15, 0.2) is 0 Å². The van der Waals surface area contributed by atoms with Gasteiger partial charge in [-0.1, -0.05) is 24.3 Å². The largest absolute Gasteiger partial charge is 0.322 e. The second-order valence-electron chi connectivity index (χ2n) is 4.04. The summed E-state index contributed by atoms with van der Waals surface area (Å²) in [5, 5.41) is 11.5. The van der Waals surface area contributed by atoms with Crippen molar-refractivity contribution in [3.8, 4) is 6.07 Å². The quantitative estimate of drug-likeness (QED) is 0.656. The van der Waals surface area contributed by atoms with Crippen LogP contribution in [0.25, 0.3) is 6.08 Å². The Bertz CT molecular complexity index is 684. The monoisotopic (exact) mass is 374 g/mol. The van der Waals surface area contributed by atoms with E-state index >= 15 is 0 Å². The summed E-state index contributed by atoms with van der Waals surface area (Å²) in [5.41, 5.74) is 2.27. The van der Waals surface area contributed by atoms with Gasteiger partial charge in [-0.15, -0.1) is 0 Å². The van der Waals surface area contributed by atoms with Gasteiger partial charge in [0.1, 0.15) is 0 Å². The van der Waals surface area contributed by atoms with Crippen LogP contribution in [-0.4, -0.2) is 5.91 Å². The number of anilines is 1. The highest BCUT2D eigenvalue weighted by Gasteiger charge is 2.01. The molecule has 3 nitrogen and oxygen atoms in total. The number of halogens is 1. The minimum absolute atomic E-state index is 0.182. The van der Waals surface area contributed by atoms with E-state index < -0.39 is 0 Å². The van der Waals surface area contributed by atoms with Crippen molar-refractivity contribution in [1.29, 1.82) is 5.26 Å². The average molecular weight is 374 g/mol. The molecule has 2 aromatic carbocycles. The molecule has 98 valence electrons. The maximum Gasteiger partial charge on any atom is 0.248 e. The van der Waals surface area contributed by atoms with Gasteiger partial charge in [-0.2, -0.15) is 5.26 Å². The van der Waals surface area contributed by atoms with Crippen LogP contribution in [0.1, 0.15) is 11.1 Å². The molecule has 0 radical (unpaired) electrons. The molecule has 4 heteroatoms. The molecule has 0 spiro atoms. The fourth-order valence-corrected chi connectivity index (χ4v) is 2.10. The van der Waals surface area contributed by atoms with E-state index in [0.717, 1.165) is 14.8 Å². The molecule has 0 heterocycles. The van der Waals surface area contributed by atoms with Gasteiger partial charge in [-0.3, -0.25) is 4.79 Å². The Hall–Kier alpha value is -2.13. The molecule has 1 N–H and O–H groups in total. The number of para-hydroxylation sites is 1. The lowest BCUT2D eigenvalue weighted by Crippen LogP contribution is -2.08. The molecule has 2 rings (SSSR count). The number of amides is 1. The zero-order valence-electron chi connectivity index (χ0n) is 10.5. The molecule has 0 bridgehead atoms. The molecule has 20 heavy (non-hydrogen) atoms. The SMILES string of the molecule is N#Cc1ccc(/C=C/C(=O)Nc2ccccc2I)cc1. The number of hydrogen-bond donors (Lipinski definition) is 1. The summed E-state index contributed by atoms with van der Waals surface area (Å²) in [6, 6.07) is 16.7. The van der Waals surface area contributed by atoms with E-state index in [1.54, 1.807) is 30.3 Å². The highest BCUT2D eigenvalue weighted by molar-refractivity contribution is 14.1. The van der Waals surface area contributed by atoms with Gasteiger partial charge in [-0.25, -0.2) is 0 Å². The van der Waals surface area contributed by atoms with Crippen LogP contribution in [0.3, 0.4) is 0 Å². The smallest absolute Gasteiger partial charge is 0.248 e. The number of carbonyl (C=O) groups is 1. The van der Waals surface area contributed by atoms with Gasteiger partial charge in [0.05, 0.1) is 17.3 Å². The number of rotatable bonds is 3. The van der Waals surface area contributed by atoms with Crippen LogP contribution in [0, 0.1) is 14.9 Å². The van der Waals surface area contributed by atoms with Crippen LogP contribution in [0.15, 0.2) is 54.6 Å². The summed E-state index contributed by atoms with van der Waals surface area (Å²) < 4.78 is 0.991. The first-order chi connectivity index (χ1) is 9.69. The van der Waals surface area contributed by atoms with Crippen molar-refractivity contribution in [2.24, 2.45) is 0 Å². The Morgan fingerprint density at radius 2 is 1.85 bits per heavy atom. The highest BCUT2D eigenvalue weighted by Crippen LogP contribution is 2.16. The van der Waals surface area contributed by atoms with E-state index in [1.807, 2.05) is 24.3 Å². The zero-order valence-corrected chi connectivity index (χ0v) is 12.7. The molecule has 0 unspecified atom stereocenters. The summed E-state index contributed by atoms with van der Waals surface area (Å²) in [4.78, 5) is 11.8. The van der Waals surface area contributed by atoms with Crippen molar-refractivity contribution in [1.82, 2.24) is 0 Å². The van der Waals surface area contributed by atoms with E-state index in [0.29, 0.717) is 5.56 Å². The predicted octanol–water partition coefficient (Wildman–Crippen LogP) is 3.81. The zero-order chi connectivity index (χ0) is 14.4. The Labute approximate surface area is 131 Å². The molecule has 0 aliphatic rings. The minimum Gasteiger partial charge on any atom is -0.322 e. The lowest BCUT2D eigenvalue weighted by atomic mass is 10.1. The number of hydrogen-bond acceptors (Lipinski definition) is 2. The third-order valence-corrected chi connectivity index (χ3v) is 3.54. The first-order valence-corrected chi connectivity index (χ1v) is 7.00. The lowest BCUT2D eigenvalue weighted by Gasteiger charge is -2.04. The van der Waals surface area contributed by atoms with E-state index in [4.69, 9.17) is 5.26 Å². The first-order valence-electron chi connectivity index (χ1n) is 5.93. The van der Waals surface area contributed by atoms with Crippen molar-refractivity contribution in [2.75, 3.05) is 5.32 Å². The molecular formula is C16H11IN2O. The molecule has 1 amide bonds. The Morgan fingerprint density at radius 3 is 2.50 bits per heavy atom. The normalized spacial score (nSPS) is 10.2. The summed E-state index contributed by atoms with van der Waals surface area (Å²) >= 11 is 2.17.